The number of hydrogen-bond donors (Lipinski definition) is 2. The Labute approximate surface area is 157 Å². The van der Waals surface area contributed by atoms with E-state index in [2.05, 4.69) is 0 Å². The minimum absolute atomic E-state index is 0.0910. The summed E-state index contributed by atoms with van der Waals surface area (Å²) >= 11 is 0. The Balaban J connectivity index is 1.53. The van der Waals surface area contributed by atoms with Crippen molar-refractivity contribution in [3.63, 3.8) is 0 Å². The maximum Gasteiger partial charge on any atom is 0.254 e. The van der Waals surface area contributed by atoms with E-state index in [1.54, 1.807) is 29.2 Å². The van der Waals surface area contributed by atoms with E-state index in [9.17, 15) is 15.0 Å². The Morgan fingerprint density at radius 1 is 0.852 bits per heavy atom. The summed E-state index contributed by atoms with van der Waals surface area (Å²) in [7, 11) is 0. The van der Waals surface area contributed by atoms with Gasteiger partial charge in [0.15, 0.2) is 11.5 Å². The average Bonchev–Trinajstić information content (AvgIpc) is 2.69. The standard InChI is InChI=1S/C22H19NO4/c24-20-12-15-9-10-23(14-17(15)13-21(20)25)22(26)16-5-4-8-19(11-16)27-18-6-2-1-3-7-18/h1-8,11-13,24-25H,9-10,14H2. The zero-order valence-electron chi connectivity index (χ0n) is 14.6. The molecule has 0 saturated carbocycles. The number of aromatic hydroxyl groups is 2. The van der Waals surface area contributed by atoms with Gasteiger partial charge < -0.3 is 19.8 Å². The third-order valence-corrected chi connectivity index (χ3v) is 4.66. The summed E-state index contributed by atoms with van der Waals surface area (Å²) in [6.45, 7) is 0.950. The normalized spacial score (nSPS) is 13.1. The van der Waals surface area contributed by atoms with Gasteiger partial charge in [0.1, 0.15) is 11.5 Å². The van der Waals surface area contributed by atoms with Crippen LogP contribution < -0.4 is 4.74 Å². The summed E-state index contributed by atoms with van der Waals surface area (Å²) < 4.78 is 5.81. The molecule has 0 fully saturated rings. The number of para-hydroxylation sites is 1. The molecule has 1 heterocycles. The number of hydrogen-bond acceptors (Lipinski definition) is 4. The van der Waals surface area contributed by atoms with Crippen molar-refractivity contribution >= 4 is 5.91 Å². The van der Waals surface area contributed by atoms with Crippen LogP contribution in [0.3, 0.4) is 0 Å². The van der Waals surface area contributed by atoms with E-state index in [0.717, 1.165) is 11.1 Å². The smallest absolute Gasteiger partial charge is 0.254 e. The molecule has 27 heavy (non-hydrogen) atoms. The molecule has 3 aromatic carbocycles. The summed E-state index contributed by atoms with van der Waals surface area (Å²) in [4.78, 5) is 14.7. The van der Waals surface area contributed by atoms with Gasteiger partial charge in [-0.3, -0.25) is 4.79 Å². The number of benzene rings is 3. The number of phenols is 2. The second-order valence-electron chi connectivity index (χ2n) is 6.53. The predicted octanol–water partition coefficient (Wildman–Crippen LogP) is 4.09. The average molecular weight is 361 g/mol. The molecule has 0 aliphatic carbocycles. The van der Waals surface area contributed by atoms with E-state index < -0.39 is 0 Å². The lowest BCUT2D eigenvalue weighted by Gasteiger charge is -2.29. The van der Waals surface area contributed by atoms with Crippen LogP contribution in [0.15, 0.2) is 66.7 Å². The second-order valence-corrected chi connectivity index (χ2v) is 6.53. The molecule has 0 aromatic heterocycles. The fraction of sp³-hybridized carbons (Fsp3) is 0.136. The highest BCUT2D eigenvalue weighted by Crippen LogP contribution is 2.32. The van der Waals surface area contributed by atoms with E-state index in [-0.39, 0.29) is 17.4 Å². The first-order valence-electron chi connectivity index (χ1n) is 8.76. The molecule has 1 aliphatic rings. The summed E-state index contributed by atoms with van der Waals surface area (Å²) in [5.41, 5.74) is 2.35. The van der Waals surface area contributed by atoms with Gasteiger partial charge in [0.2, 0.25) is 0 Å². The number of nitrogens with zero attached hydrogens (tertiary/aromatic N) is 1. The molecule has 4 rings (SSSR count). The van der Waals surface area contributed by atoms with Crippen LogP contribution in [0.2, 0.25) is 0 Å². The van der Waals surface area contributed by atoms with Crippen LogP contribution in [0, 0.1) is 0 Å². The minimum atomic E-state index is -0.165. The minimum Gasteiger partial charge on any atom is -0.504 e. The molecular formula is C22H19NO4. The van der Waals surface area contributed by atoms with E-state index in [1.807, 2.05) is 36.4 Å². The zero-order valence-corrected chi connectivity index (χ0v) is 14.6. The van der Waals surface area contributed by atoms with E-state index >= 15 is 0 Å². The van der Waals surface area contributed by atoms with Gasteiger partial charge in [0.05, 0.1) is 0 Å². The van der Waals surface area contributed by atoms with Crippen molar-refractivity contribution in [1.29, 1.82) is 0 Å². The van der Waals surface area contributed by atoms with Crippen molar-refractivity contribution < 1.29 is 19.7 Å². The topological polar surface area (TPSA) is 70.0 Å². The summed E-state index contributed by atoms with van der Waals surface area (Å²) in [6.07, 6.45) is 0.634. The van der Waals surface area contributed by atoms with Gasteiger partial charge in [-0.25, -0.2) is 0 Å². The van der Waals surface area contributed by atoms with Crippen molar-refractivity contribution in [3.05, 3.63) is 83.4 Å². The molecule has 1 aliphatic heterocycles. The molecule has 0 bridgehead atoms. The first-order chi connectivity index (χ1) is 13.1. The number of carbonyl (C=O) groups excluding carboxylic acids is 1. The van der Waals surface area contributed by atoms with Gasteiger partial charge in [-0.15, -0.1) is 0 Å². The first kappa shape index (κ1) is 17.0. The quantitative estimate of drug-likeness (QED) is 0.690. The van der Waals surface area contributed by atoms with Crippen LogP contribution in [-0.2, 0) is 13.0 Å². The predicted molar refractivity (Wildman–Crippen MR) is 101 cm³/mol. The Bertz CT molecular complexity index is 985. The Morgan fingerprint density at radius 2 is 1.56 bits per heavy atom. The number of amides is 1. The van der Waals surface area contributed by atoms with E-state index in [1.165, 1.54) is 6.07 Å². The second kappa shape index (κ2) is 7.03. The van der Waals surface area contributed by atoms with Gasteiger partial charge in [-0.1, -0.05) is 24.3 Å². The molecule has 136 valence electrons. The fourth-order valence-corrected chi connectivity index (χ4v) is 3.26. The van der Waals surface area contributed by atoms with Gasteiger partial charge >= 0.3 is 0 Å². The van der Waals surface area contributed by atoms with Crippen molar-refractivity contribution in [2.45, 2.75) is 13.0 Å². The molecule has 0 unspecified atom stereocenters. The number of ether oxygens (including phenoxy) is 1. The highest BCUT2D eigenvalue weighted by atomic mass is 16.5. The van der Waals surface area contributed by atoms with E-state index in [4.69, 9.17) is 4.74 Å². The van der Waals surface area contributed by atoms with Gasteiger partial charge in [-0.05, 0) is 60.0 Å². The van der Waals surface area contributed by atoms with Crippen LogP contribution in [0.4, 0.5) is 0 Å². The maximum absolute atomic E-state index is 12.9. The van der Waals surface area contributed by atoms with Gasteiger partial charge in [0.25, 0.3) is 5.91 Å². The van der Waals surface area contributed by atoms with Crippen LogP contribution in [-0.4, -0.2) is 27.6 Å². The molecule has 5 nitrogen and oxygen atoms in total. The largest absolute Gasteiger partial charge is 0.504 e. The van der Waals surface area contributed by atoms with Gasteiger partial charge in [-0.2, -0.15) is 0 Å². The lowest BCUT2D eigenvalue weighted by atomic mass is 9.98. The molecule has 0 saturated heterocycles. The molecule has 0 spiro atoms. The summed E-state index contributed by atoms with van der Waals surface area (Å²) in [6, 6.07) is 19.6. The molecule has 2 N–H and O–H groups in total. The fourth-order valence-electron chi connectivity index (χ4n) is 3.26. The van der Waals surface area contributed by atoms with Crippen LogP contribution in [0.25, 0.3) is 0 Å². The Morgan fingerprint density at radius 3 is 2.33 bits per heavy atom. The summed E-state index contributed by atoms with van der Waals surface area (Å²) in [5, 5.41) is 19.4. The van der Waals surface area contributed by atoms with Crippen LogP contribution in [0.5, 0.6) is 23.0 Å². The van der Waals surface area contributed by atoms with Crippen molar-refractivity contribution in [2.75, 3.05) is 6.54 Å². The highest BCUT2D eigenvalue weighted by Gasteiger charge is 2.23. The van der Waals surface area contributed by atoms with E-state index in [0.29, 0.717) is 36.6 Å². The lowest BCUT2D eigenvalue weighted by molar-refractivity contribution is 0.0734. The number of fused-ring (bicyclic) bond motifs is 1. The van der Waals surface area contributed by atoms with Crippen molar-refractivity contribution in [3.8, 4) is 23.0 Å². The zero-order chi connectivity index (χ0) is 18.8. The molecule has 0 radical (unpaired) electrons. The summed E-state index contributed by atoms with van der Waals surface area (Å²) in [5.74, 6) is 0.934. The molecule has 3 aromatic rings. The highest BCUT2D eigenvalue weighted by molar-refractivity contribution is 5.94. The van der Waals surface area contributed by atoms with Crippen molar-refractivity contribution in [1.82, 2.24) is 4.90 Å². The third-order valence-electron chi connectivity index (χ3n) is 4.66. The third kappa shape index (κ3) is 3.58. The molecular weight excluding hydrogens is 342 g/mol. The Kier molecular flexibility index (Phi) is 4.42. The lowest BCUT2D eigenvalue weighted by Crippen LogP contribution is -2.35. The van der Waals surface area contributed by atoms with Crippen LogP contribution >= 0.6 is 0 Å². The monoisotopic (exact) mass is 361 g/mol. The number of phenolic OH excluding ortho intramolecular Hbond substituents is 2. The maximum atomic E-state index is 12.9. The number of rotatable bonds is 3. The SMILES string of the molecule is O=C(c1cccc(Oc2ccccc2)c1)N1CCc2cc(O)c(O)cc2C1. The number of carbonyl (C=O) groups is 1. The van der Waals surface area contributed by atoms with Gasteiger partial charge in [0, 0.05) is 18.7 Å². The molecule has 1 amide bonds. The molecule has 5 heteroatoms. The molecule has 0 atom stereocenters. The first-order valence-corrected chi connectivity index (χ1v) is 8.76. The van der Waals surface area contributed by atoms with Crippen molar-refractivity contribution in [2.24, 2.45) is 0 Å². The Hall–Kier alpha value is -3.47. The van der Waals surface area contributed by atoms with Crippen LogP contribution in [0.1, 0.15) is 21.5 Å².